The molecule has 0 radical (unpaired) electrons. The van der Waals surface area contributed by atoms with E-state index in [2.05, 4.69) is 39.6 Å². The van der Waals surface area contributed by atoms with Crippen LogP contribution in [0.15, 0.2) is 35.3 Å². The molecule has 3 N–H and O–H groups in total. The Hall–Kier alpha value is -1.63. The monoisotopic (exact) mass is 362 g/mol. The fourth-order valence-corrected chi connectivity index (χ4v) is 2.98. The minimum absolute atomic E-state index is 0.0991. The van der Waals surface area contributed by atoms with Crippen molar-refractivity contribution < 1.29 is 9.84 Å². The molecule has 0 saturated carbocycles. The van der Waals surface area contributed by atoms with E-state index in [0.29, 0.717) is 13.2 Å². The highest BCUT2D eigenvalue weighted by atomic mass is 16.5. The molecule has 1 fully saturated rings. The Balaban J connectivity index is 1.57. The van der Waals surface area contributed by atoms with Crippen LogP contribution in [0.25, 0.3) is 0 Å². The molecular weight excluding hydrogens is 328 g/mol. The van der Waals surface area contributed by atoms with Gasteiger partial charge < -0.3 is 25.4 Å². The van der Waals surface area contributed by atoms with Gasteiger partial charge in [-0.3, -0.25) is 4.99 Å². The summed E-state index contributed by atoms with van der Waals surface area (Å²) in [4.78, 5) is 7.05. The summed E-state index contributed by atoms with van der Waals surface area (Å²) >= 11 is 0. The van der Waals surface area contributed by atoms with Crippen LogP contribution in [0.2, 0.25) is 0 Å². The maximum Gasteiger partial charge on any atom is 0.191 e. The molecule has 1 saturated heterocycles. The predicted molar refractivity (Wildman–Crippen MR) is 106 cm³/mol. The lowest BCUT2D eigenvalue weighted by Gasteiger charge is -2.29. The van der Waals surface area contributed by atoms with E-state index >= 15 is 0 Å². The van der Waals surface area contributed by atoms with Gasteiger partial charge in [-0.05, 0) is 38.3 Å². The van der Waals surface area contributed by atoms with Crippen LogP contribution in [0.1, 0.15) is 31.7 Å². The summed E-state index contributed by atoms with van der Waals surface area (Å²) in [5, 5.41) is 16.1. The van der Waals surface area contributed by atoms with Crippen molar-refractivity contribution in [1.82, 2.24) is 15.5 Å². The van der Waals surface area contributed by atoms with Crippen LogP contribution in [0.5, 0.6) is 0 Å². The third-order valence-corrected chi connectivity index (χ3v) is 4.45. The Morgan fingerprint density at radius 3 is 2.73 bits per heavy atom. The number of aliphatic imine (C=N–C) groups is 1. The quantitative estimate of drug-likeness (QED) is 0.335. The molecule has 1 aliphatic heterocycles. The highest BCUT2D eigenvalue weighted by Gasteiger charge is 2.15. The van der Waals surface area contributed by atoms with Crippen molar-refractivity contribution in [3.8, 4) is 0 Å². The second-order valence-corrected chi connectivity index (χ2v) is 6.65. The Morgan fingerprint density at radius 1 is 1.23 bits per heavy atom. The van der Waals surface area contributed by atoms with Gasteiger partial charge in [0.05, 0.1) is 19.3 Å². The number of likely N-dealkylation sites (tertiary alicyclic amines) is 1. The van der Waals surface area contributed by atoms with Crippen LogP contribution in [-0.4, -0.2) is 67.9 Å². The SMILES string of the molecule is CCNC(=NCCCN1CCC(O)CC1)NCCOCc1ccccc1. The van der Waals surface area contributed by atoms with E-state index in [-0.39, 0.29) is 6.10 Å². The third-order valence-electron chi connectivity index (χ3n) is 4.45. The normalized spacial score (nSPS) is 16.6. The van der Waals surface area contributed by atoms with E-state index in [9.17, 15) is 5.11 Å². The number of nitrogens with one attached hydrogen (secondary N) is 2. The molecule has 6 heteroatoms. The number of aliphatic hydroxyl groups excluding tert-OH is 1. The van der Waals surface area contributed by atoms with E-state index in [1.54, 1.807) is 0 Å². The van der Waals surface area contributed by atoms with Gasteiger partial charge in [0, 0.05) is 32.7 Å². The summed E-state index contributed by atoms with van der Waals surface area (Å²) in [5.74, 6) is 0.852. The highest BCUT2D eigenvalue weighted by Crippen LogP contribution is 2.09. The van der Waals surface area contributed by atoms with E-state index in [1.807, 2.05) is 18.2 Å². The molecule has 0 amide bonds. The number of benzene rings is 1. The summed E-state index contributed by atoms with van der Waals surface area (Å²) in [6.07, 6.45) is 2.74. The Labute approximate surface area is 157 Å². The first-order valence-electron chi connectivity index (χ1n) is 9.82. The largest absolute Gasteiger partial charge is 0.393 e. The van der Waals surface area contributed by atoms with Crippen LogP contribution in [0, 0.1) is 0 Å². The molecule has 146 valence electrons. The fraction of sp³-hybridized carbons (Fsp3) is 0.650. The van der Waals surface area contributed by atoms with E-state index in [0.717, 1.165) is 64.5 Å². The molecule has 1 aromatic rings. The fourth-order valence-electron chi connectivity index (χ4n) is 2.98. The third kappa shape index (κ3) is 8.65. The summed E-state index contributed by atoms with van der Waals surface area (Å²) in [6.45, 7) is 8.81. The Bertz CT molecular complexity index is 502. The first-order chi connectivity index (χ1) is 12.8. The van der Waals surface area contributed by atoms with Crippen LogP contribution in [-0.2, 0) is 11.3 Å². The van der Waals surface area contributed by atoms with Crippen molar-refractivity contribution >= 4 is 5.96 Å². The van der Waals surface area contributed by atoms with Gasteiger partial charge in [-0.1, -0.05) is 30.3 Å². The van der Waals surface area contributed by atoms with Crippen molar-refractivity contribution in [3.63, 3.8) is 0 Å². The molecule has 1 aliphatic rings. The van der Waals surface area contributed by atoms with Crippen molar-refractivity contribution in [2.45, 2.75) is 38.9 Å². The zero-order chi connectivity index (χ0) is 18.5. The van der Waals surface area contributed by atoms with Gasteiger partial charge in [-0.15, -0.1) is 0 Å². The average Bonchev–Trinajstić information content (AvgIpc) is 2.67. The molecular formula is C20H34N4O2. The maximum atomic E-state index is 9.54. The molecule has 6 nitrogen and oxygen atoms in total. The van der Waals surface area contributed by atoms with Gasteiger partial charge in [0.1, 0.15) is 0 Å². The summed E-state index contributed by atoms with van der Waals surface area (Å²) in [7, 11) is 0. The Morgan fingerprint density at radius 2 is 2.00 bits per heavy atom. The average molecular weight is 363 g/mol. The number of guanidine groups is 1. The topological polar surface area (TPSA) is 69.1 Å². The van der Waals surface area contributed by atoms with Crippen LogP contribution in [0.4, 0.5) is 0 Å². The number of aliphatic hydroxyl groups is 1. The molecule has 1 heterocycles. The van der Waals surface area contributed by atoms with E-state index in [1.165, 1.54) is 5.56 Å². The van der Waals surface area contributed by atoms with E-state index < -0.39 is 0 Å². The zero-order valence-electron chi connectivity index (χ0n) is 16.0. The van der Waals surface area contributed by atoms with Gasteiger partial charge in [0.25, 0.3) is 0 Å². The molecule has 0 aliphatic carbocycles. The zero-order valence-corrected chi connectivity index (χ0v) is 16.0. The lowest BCUT2D eigenvalue weighted by atomic mass is 10.1. The van der Waals surface area contributed by atoms with Gasteiger partial charge in [0.2, 0.25) is 0 Å². The number of hydrogen-bond donors (Lipinski definition) is 3. The van der Waals surface area contributed by atoms with Crippen molar-refractivity contribution in [2.75, 3.05) is 45.9 Å². The number of ether oxygens (including phenoxy) is 1. The Kier molecular flexibility index (Phi) is 10.1. The van der Waals surface area contributed by atoms with Gasteiger partial charge in [-0.25, -0.2) is 0 Å². The number of nitrogens with zero attached hydrogens (tertiary/aromatic N) is 2. The minimum atomic E-state index is -0.0991. The molecule has 0 atom stereocenters. The van der Waals surface area contributed by atoms with Crippen molar-refractivity contribution in [1.29, 1.82) is 0 Å². The van der Waals surface area contributed by atoms with Crippen LogP contribution < -0.4 is 10.6 Å². The second-order valence-electron chi connectivity index (χ2n) is 6.65. The molecule has 26 heavy (non-hydrogen) atoms. The first kappa shape index (κ1) is 20.7. The lowest BCUT2D eigenvalue weighted by molar-refractivity contribution is 0.0824. The van der Waals surface area contributed by atoms with Gasteiger partial charge in [-0.2, -0.15) is 0 Å². The molecule has 0 unspecified atom stereocenters. The molecule has 0 spiro atoms. The number of piperidine rings is 1. The lowest BCUT2D eigenvalue weighted by Crippen LogP contribution is -2.39. The molecule has 2 rings (SSSR count). The van der Waals surface area contributed by atoms with Gasteiger partial charge >= 0.3 is 0 Å². The minimum Gasteiger partial charge on any atom is -0.393 e. The number of hydrogen-bond acceptors (Lipinski definition) is 4. The first-order valence-corrected chi connectivity index (χ1v) is 9.82. The van der Waals surface area contributed by atoms with Crippen LogP contribution in [0.3, 0.4) is 0 Å². The highest BCUT2D eigenvalue weighted by molar-refractivity contribution is 5.79. The summed E-state index contributed by atoms with van der Waals surface area (Å²) in [6, 6.07) is 10.2. The molecule has 1 aromatic carbocycles. The smallest absolute Gasteiger partial charge is 0.191 e. The van der Waals surface area contributed by atoms with Crippen molar-refractivity contribution in [2.24, 2.45) is 4.99 Å². The summed E-state index contributed by atoms with van der Waals surface area (Å²) in [5.41, 5.74) is 1.19. The predicted octanol–water partition coefficient (Wildman–Crippen LogP) is 1.61. The second kappa shape index (κ2) is 12.7. The number of rotatable bonds is 10. The van der Waals surface area contributed by atoms with E-state index in [4.69, 9.17) is 4.74 Å². The van der Waals surface area contributed by atoms with Crippen molar-refractivity contribution in [3.05, 3.63) is 35.9 Å². The maximum absolute atomic E-state index is 9.54. The summed E-state index contributed by atoms with van der Waals surface area (Å²) < 4.78 is 5.69. The molecule has 0 bridgehead atoms. The van der Waals surface area contributed by atoms with Crippen LogP contribution >= 0.6 is 0 Å². The van der Waals surface area contributed by atoms with Gasteiger partial charge in [0.15, 0.2) is 5.96 Å². The molecule has 0 aromatic heterocycles. The standard InChI is InChI=1S/C20H34N4O2/c1-2-21-20(22-11-6-13-24-14-9-19(25)10-15-24)23-12-16-26-17-18-7-4-3-5-8-18/h3-5,7-8,19,25H,2,6,9-17H2,1H3,(H2,21,22,23).